The first-order valence-electron chi connectivity index (χ1n) is 7.78. The first-order chi connectivity index (χ1) is 11.1. The maximum absolute atomic E-state index is 12.6. The smallest absolute Gasteiger partial charge is 0.253 e. The lowest BCUT2D eigenvalue weighted by Gasteiger charge is -2.11. The number of thiophene rings is 1. The summed E-state index contributed by atoms with van der Waals surface area (Å²) in [5.41, 5.74) is 0.819. The second-order valence-corrected chi connectivity index (χ2v) is 7.34. The number of carbonyl (C=O) groups is 1. The zero-order valence-electron chi connectivity index (χ0n) is 13.2. The van der Waals surface area contributed by atoms with Gasteiger partial charge in [-0.2, -0.15) is 0 Å². The topological polar surface area (TPSA) is 59.8 Å². The minimum atomic E-state index is 0.0272. The van der Waals surface area contributed by atoms with Crippen LogP contribution in [0.15, 0.2) is 24.3 Å². The summed E-state index contributed by atoms with van der Waals surface area (Å²) in [7, 11) is 0. The van der Waals surface area contributed by atoms with Crippen LogP contribution in [0, 0.1) is 19.8 Å². The summed E-state index contributed by atoms with van der Waals surface area (Å²) in [5.74, 6) is 2.40. The van der Waals surface area contributed by atoms with Gasteiger partial charge in [-0.15, -0.1) is 21.5 Å². The normalized spacial score (nSPS) is 16.7. The van der Waals surface area contributed by atoms with E-state index in [9.17, 15) is 4.79 Å². The van der Waals surface area contributed by atoms with Crippen molar-refractivity contribution in [2.24, 2.45) is 5.92 Å². The molecular formula is C17H18N4OS. The Morgan fingerprint density at radius 1 is 1.35 bits per heavy atom. The Morgan fingerprint density at radius 2 is 2.17 bits per heavy atom. The first-order valence-corrected chi connectivity index (χ1v) is 8.60. The van der Waals surface area contributed by atoms with Gasteiger partial charge in [0, 0.05) is 40.4 Å². The third kappa shape index (κ3) is 2.43. The summed E-state index contributed by atoms with van der Waals surface area (Å²) < 4.78 is 3.31. The van der Waals surface area contributed by atoms with Crippen LogP contribution in [0.5, 0.6) is 0 Å². The van der Waals surface area contributed by atoms with Gasteiger partial charge in [-0.25, -0.2) is 0 Å². The molecule has 1 amide bonds. The number of nitrogens with one attached hydrogen (secondary N) is 1. The Kier molecular flexibility index (Phi) is 3.41. The maximum Gasteiger partial charge on any atom is 0.253 e. The van der Waals surface area contributed by atoms with Crippen LogP contribution in [0.3, 0.4) is 0 Å². The fourth-order valence-corrected chi connectivity index (χ4v) is 4.37. The van der Waals surface area contributed by atoms with Crippen molar-refractivity contribution in [1.82, 2.24) is 20.1 Å². The number of hydrogen-bond donors (Lipinski definition) is 1. The SMILES string of the molecule is Cc1sc2ccccc2c1C(=O)NCC1Cc2nnc(C)n2C1. The molecule has 1 unspecified atom stereocenters. The third-order valence-electron chi connectivity index (χ3n) is 4.47. The summed E-state index contributed by atoms with van der Waals surface area (Å²) in [6, 6.07) is 8.08. The average Bonchev–Trinajstić information content (AvgIpc) is 3.18. The molecule has 2 aromatic heterocycles. The van der Waals surface area contributed by atoms with E-state index in [4.69, 9.17) is 0 Å². The van der Waals surface area contributed by atoms with Gasteiger partial charge in [0.05, 0.1) is 5.56 Å². The number of aryl methyl sites for hydroxylation is 2. The molecule has 1 aliphatic heterocycles. The van der Waals surface area contributed by atoms with E-state index in [1.165, 1.54) is 0 Å². The van der Waals surface area contributed by atoms with E-state index in [1.54, 1.807) is 11.3 Å². The predicted molar refractivity (Wildman–Crippen MR) is 90.8 cm³/mol. The molecule has 0 fully saturated rings. The van der Waals surface area contributed by atoms with Crippen molar-refractivity contribution in [1.29, 1.82) is 0 Å². The molecule has 3 aromatic rings. The molecule has 0 radical (unpaired) electrons. The lowest BCUT2D eigenvalue weighted by Crippen LogP contribution is -2.30. The average molecular weight is 326 g/mol. The Hall–Kier alpha value is -2.21. The molecule has 5 nitrogen and oxygen atoms in total. The van der Waals surface area contributed by atoms with Crippen LogP contribution in [0.4, 0.5) is 0 Å². The van der Waals surface area contributed by atoms with Crippen LogP contribution in [0.2, 0.25) is 0 Å². The molecule has 1 aliphatic rings. The van der Waals surface area contributed by atoms with Crippen molar-refractivity contribution >= 4 is 27.3 Å². The molecule has 0 saturated heterocycles. The fraction of sp³-hybridized carbons (Fsp3) is 0.353. The lowest BCUT2D eigenvalue weighted by atomic mass is 10.1. The number of fused-ring (bicyclic) bond motifs is 2. The second-order valence-electron chi connectivity index (χ2n) is 6.08. The summed E-state index contributed by atoms with van der Waals surface area (Å²) in [6.45, 7) is 5.54. The van der Waals surface area contributed by atoms with Gasteiger partial charge in [-0.05, 0) is 19.9 Å². The molecule has 23 heavy (non-hydrogen) atoms. The van der Waals surface area contributed by atoms with E-state index in [0.29, 0.717) is 12.5 Å². The van der Waals surface area contributed by atoms with Gasteiger partial charge in [-0.1, -0.05) is 18.2 Å². The molecule has 1 atom stereocenters. The zero-order valence-corrected chi connectivity index (χ0v) is 14.0. The highest BCUT2D eigenvalue weighted by Crippen LogP contribution is 2.30. The van der Waals surface area contributed by atoms with Crippen LogP contribution >= 0.6 is 11.3 Å². The molecular weight excluding hydrogens is 308 g/mol. The molecule has 4 rings (SSSR count). The predicted octanol–water partition coefficient (Wildman–Crippen LogP) is 2.71. The van der Waals surface area contributed by atoms with Gasteiger partial charge in [0.1, 0.15) is 11.6 Å². The van der Waals surface area contributed by atoms with Crippen LogP contribution in [0.25, 0.3) is 10.1 Å². The van der Waals surface area contributed by atoms with Crippen LogP contribution in [-0.2, 0) is 13.0 Å². The standard InChI is InChI=1S/C17H18N4OS/c1-10-16(13-5-3-4-6-14(13)23-10)17(22)18-8-12-7-15-20-19-11(2)21(15)9-12/h3-6,12H,7-9H2,1-2H3,(H,18,22). The number of aromatic nitrogens is 3. The molecule has 1 aromatic carbocycles. The van der Waals surface area contributed by atoms with Crippen molar-refractivity contribution < 1.29 is 4.79 Å². The fourth-order valence-electron chi connectivity index (χ4n) is 3.31. The van der Waals surface area contributed by atoms with E-state index < -0.39 is 0 Å². The quantitative estimate of drug-likeness (QED) is 0.805. The van der Waals surface area contributed by atoms with Gasteiger partial charge in [-0.3, -0.25) is 4.79 Å². The molecule has 118 valence electrons. The van der Waals surface area contributed by atoms with E-state index in [2.05, 4.69) is 26.1 Å². The maximum atomic E-state index is 12.6. The second kappa shape index (κ2) is 5.45. The van der Waals surface area contributed by atoms with E-state index in [1.807, 2.05) is 32.0 Å². The molecule has 0 bridgehead atoms. The minimum Gasteiger partial charge on any atom is -0.352 e. The molecule has 0 aliphatic carbocycles. The van der Waals surface area contributed by atoms with Crippen LogP contribution in [0.1, 0.15) is 26.9 Å². The zero-order chi connectivity index (χ0) is 16.0. The lowest BCUT2D eigenvalue weighted by molar-refractivity contribution is 0.0948. The van der Waals surface area contributed by atoms with Crippen molar-refractivity contribution in [3.8, 4) is 0 Å². The molecule has 3 heterocycles. The summed E-state index contributed by atoms with van der Waals surface area (Å²) in [5, 5.41) is 12.4. The number of amides is 1. The van der Waals surface area contributed by atoms with Gasteiger partial charge in [0.25, 0.3) is 5.91 Å². The highest BCUT2D eigenvalue weighted by atomic mass is 32.1. The number of rotatable bonds is 3. The Labute approximate surface area is 138 Å². The molecule has 0 spiro atoms. The number of benzene rings is 1. The monoisotopic (exact) mass is 326 g/mol. The highest BCUT2D eigenvalue weighted by molar-refractivity contribution is 7.19. The number of hydrogen-bond acceptors (Lipinski definition) is 4. The Bertz CT molecular complexity index is 895. The summed E-state index contributed by atoms with van der Waals surface area (Å²) in [4.78, 5) is 13.7. The van der Waals surface area contributed by atoms with Crippen molar-refractivity contribution in [3.05, 3.63) is 46.4 Å². The molecule has 0 saturated carbocycles. The van der Waals surface area contributed by atoms with Gasteiger partial charge < -0.3 is 9.88 Å². The third-order valence-corrected chi connectivity index (χ3v) is 5.56. The largest absolute Gasteiger partial charge is 0.352 e. The van der Waals surface area contributed by atoms with E-state index >= 15 is 0 Å². The Balaban J connectivity index is 1.47. The van der Waals surface area contributed by atoms with Gasteiger partial charge >= 0.3 is 0 Å². The van der Waals surface area contributed by atoms with E-state index in [-0.39, 0.29) is 5.91 Å². The highest BCUT2D eigenvalue weighted by Gasteiger charge is 2.25. The van der Waals surface area contributed by atoms with Crippen LogP contribution in [-0.4, -0.2) is 27.2 Å². The summed E-state index contributed by atoms with van der Waals surface area (Å²) >= 11 is 1.68. The number of nitrogens with zero attached hydrogens (tertiary/aromatic N) is 3. The first kappa shape index (κ1) is 14.4. The summed E-state index contributed by atoms with van der Waals surface area (Å²) in [6.07, 6.45) is 0.879. The van der Waals surface area contributed by atoms with Crippen LogP contribution < -0.4 is 5.32 Å². The Morgan fingerprint density at radius 3 is 3.00 bits per heavy atom. The number of carbonyl (C=O) groups excluding carboxylic acids is 1. The van der Waals surface area contributed by atoms with Crippen molar-refractivity contribution in [2.45, 2.75) is 26.8 Å². The molecule has 1 N–H and O–H groups in total. The van der Waals surface area contributed by atoms with E-state index in [0.717, 1.165) is 45.1 Å². The van der Waals surface area contributed by atoms with Gasteiger partial charge in [0.2, 0.25) is 0 Å². The van der Waals surface area contributed by atoms with Crippen molar-refractivity contribution in [2.75, 3.05) is 6.54 Å². The van der Waals surface area contributed by atoms with Gasteiger partial charge in [0.15, 0.2) is 0 Å². The molecule has 6 heteroatoms. The van der Waals surface area contributed by atoms with Crippen molar-refractivity contribution in [3.63, 3.8) is 0 Å². The minimum absolute atomic E-state index is 0.0272.